The number of fused-ring (bicyclic) bond motifs is 1. The Morgan fingerprint density at radius 3 is 2.75 bits per heavy atom. The Labute approximate surface area is 118 Å². The van der Waals surface area contributed by atoms with Gasteiger partial charge in [-0.2, -0.15) is 0 Å². The second kappa shape index (κ2) is 4.71. The maximum absolute atomic E-state index is 11.7. The molecule has 0 spiro atoms. The lowest BCUT2D eigenvalue weighted by Gasteiger charge is -2.21. The number of rotatable bonds is 4. The van der Waals surface area contributed by atoms with E-state index in [1.165, 1.54) is 12.8 Å². The summed E-state index contributed by atoms with van der Waals surface area (Å²) in [5, 5.41) is 5.85. The van der Waals surface area contributed by atoms with Gasteiger partial charge in [-0.3, -0.25) is 4.98 Å². The predicted molar refractivity (Wildman–Crippen MR) is 79.1 cm³/mol. The molecule has 1 fully saturated rings. The third-order valence-corrected chi connectivity index (χ3v) is 4.62. The number of benzene rings is 1. The Morgan fingerprint density at radius 2 is 2.10 bits per heavy atom. The molecule has 1 heterocycles. The Hall–Kier alpha value is -1.66. The van der Waals surface area contributed by atoms with Crippen molar-refractivity contribution in [1.82, 2.24) is 4.98 Å². The minimum Gasteiger partial charge on any atom is -0.373 e. The Balaban J connectivity index is 2.15. The van der Waals surface area contributed by atoms with Crippen LogP contribution in [0, 0.1) is 5.92 Å². The number of nitrogens with two attached hydrogens (primary N) is 1. The van der Waals surface area contributed by atoms with E-state index >= 15 is 0 Å². The second-order valence-electron chi connectivity index (χ2n) is 5.35. The average molecular weight is 291 g/mol. The quantitative estimate of drug-likeness (QED) is 0.930. The second-order valence-corrected chi connectivity index (χ2v) is 6.88. The summed E-state index contributed by atoms with van der Waals surface area (Å²) in [7, 11) is -1.73. The summed E-state index contributed by atoms with van der Waals surface area (Å²) in [6.45, 7) is 0.973. The van der Waals surface area contributed by atoms with Gasteiger partial charge in [0.2, 0.25) is 10.0 Å². The van der Waals surface area contributed by atoms with E-state index in [0.717, 1.165) is 18.2 Å². The SMILES string of the molecule is CN(CC1CC1)c1ccc(S(N)(=O)=O)c2cccnc12. The molecule has 0 saturated heterocycles. The van der Waals surface area contributed by atoms with Gasteiger partial charge in [-0.25, -0.2) is 13.6 Å². The van der Waals surface area contributed by atoms with Gasteiger partial charge in [-0.15, -0.1) is 0 Å². The summed E-state index contributed by atoms with van der Waals surface area (Å²) in [6, 6.07) is 6.83. The Morgan fingerprint density at radius 1 is 1.35 bits per heavy atom. The third kappa shape index (κ3) is 2.48. The summed E-state index contributed by atoms with van der Waals surface area (Å²) in [6.07, 6.45) is 4.21. The molecule has 1 aliphatic rings. The van der Waals surface area contributed by atoms with Gasteiger partial charge in [0.15, 0.2) is 0 Å². The lowest BCUT2D eigenvalue weighted by atomic mass is 10.1. The highest BCUT2D eigenvalue weighted by molar-refractivity contribution is 7.89. The molecular weight excluding hydrogens is 274 g/mol. The molecule has 106 valence electrons. The fraction of sp³-hybridized carbons (Fsp3) is 0.357. The number of pyridine rings is 1. The number of hydrogen-bond donors (Lipinski definition) is 1. The molecule has 5 nitrogen and oxygen atoms in total. The minimum absolute atomic E-state index is 0.129. The molecule has 0 atom stereocenters. The fourth-order valence-electron chi connectivity index (χ4n) is 2.47. The Bertz CT molecular complexity index is 754. The van der Waals surface area contributed by atoms with Crippen LogP contribution >= 0.6 is 0 Å². The van der Waals surface area contributed by atoms with Crippen molar-refractivity contribution >= 4 is 26.6 Å². The van der Waals surface area contributed by atoms with Crippen LogP contribution in [0.15, 0.2) is 35.4 Å². The van der Waals surface area contributed by atoms with Crippen LogP contribution in [0.5, 0.6) is 0 Å². The molecular formula is C14H17N3O2S. The lowest BCUT2D eigenvalue weighted by Crippen LogP contribution is -2.21. The molecule has 1 saturated carbocycles. The van der Waals surface area contributed by atoms with Gasteiger partial charge < -0.3 is 4.90 Å². The number of nitrogens with zero attached hydrogens (tertiary/aromatic N) is 2. The number of anilines is 1. The van der Waals surface area contributed by atoms with E-state index in [4.69, 9.17) is 5.14 Å². The van der Waals surface area contributed by atoms with Crippen molar-refractivity contribution in [2.75, 3.05) is 18.5 Å². The summed E-state index contributed by atoms with van der Waals surface area (Å²) >= 11 is 0. The summed E-state index contributed by atoms with van der Waals surface area (Å²) in [5.74, 6) is 0.747. The van der Waals surface area contributed by atoms with E-state index in [2.05, 4.69) is 9.88 Å². The molecule has 6 heteroatoms. The zero-order chi connectivity index (χ0) is 14.3. The highest BCUT2D eigenvalue weighted by Crippen LogP contribution is 2.34. The lowest BCUT2D eigenvalue weighted by molar-refractivity contribution is 0.598. The van der Waals surface area contributed by atoms with Crippen molar-refractivity contribution in [2.45, 2.75) is 17.7 Å². The van der Waals surface area contributed by atoms with Crippen molar-refractivity contribution in [3.8, 4) is 0 Å². The van der Waals surface area contributed by atoms with Gasteiger partial charge in [0.1, 0.15) is 0 Å². The van der Waals surface area contributed by atoms with Crippen LogP contribution in [0.3, 0.4) is 0 Å². The maximum atomic E-state index is 11.7. The zero-order valence-corrected chi connectivity index (χ0v) is 12.1. The van der Waals surface area contributed by atoms with E-state index in [0.29, 0.717) is 10.9 Å². The van der Waals surface area contributed by atoms with Gasteiger partial charge >= 0.3 is 0 Å². The smallest absolute Gasteiger partial charge is 0.238 e. The molecule has 1 aromatic carbocycles. The van der Waals surface area contributed by atoms with Crippen molar-refractivity contribution in [3.05, 3.63) is 30.5 Å². The van der Waals surface area contributed by atoms with E-state index in [1.807, 2.05) is 7.05 Å². The van der Waals surface area contributed by atoms with Gasteiger partial charge in [0, 0.05) is 25.2 Å². The van der Waals surface area contributed by atoms with E-state index in [-0.39, 0.29) is 4.90 Å². The number of aromatic nitrogens is 1. The molecule has 2 N–H and O–H groups in total. The highest BCUT2D eigenvalue weighted by Gasteiger charge is 2.24. The molecule has 3 rings (SSSR count). The first-order chi connectivity index (χ1) is 9.47. The van der Waals surface area contributed by atoms with Crippen LogP contribution in [-0.4, -0.2) is 27.0 Å². The van der Waals surface area contributed by atoms with Crippen LogP contribution in [0.1, 0.15) is 12.8 Å². The zero-order valence-electron chi connectivity index (χ0n) is 11.3. The molecule has 1 aliphatic carbocycles. The van der Waals surface area contributed by atoms with Gasteiger partial charge in [-0.1, -0.05) is 0 Å². The largest absolute Gasteiger partial charge is 0.373 e. The van der Waals surface area contributed by atoms with E-state index in [9.17, 15) is 8.42 Å². The third-order valence-electron chi connectivity index (χ3n) is 3.66. The van der Waals surface area contributed by atoms with E-state index < -0.39 is 10.0 Å². The number of primary sulfonamides is 1. The topological polar surface area (TPSA) is 76.3 Å². The maximum Gasteiger partial charge on any atom is 0.238 e. The van der Waals surface area contributed by atoms with E-state index in [1.54, 1.807) is 30.5 Å². The van der Waals surface area contributed by atoms with Gasteiger partial charge in [0.05, 0.1) is 16.1 Å². The monoisotopic (exact) mass is 291 g/mol. The first-order valence-electron chi connectivity index (χ1n) is 6.58. The summed E-state index contributed by atoms with van der Waals surface area (Å²) < 4.78 is 23.3. The van der Waals surface area contributed by atoms with Crippen molar-refractivity contribution in [2.24, 2.45) is 11.1 Å². The normalized spacial score (nSPS) is 15.5. The van der Waals surface area contributed by atoms with Crippen molar-refractivity contribution in [3.63, 3.8) is 0 Å². The summed E-state index contributed by atoms with van der Waals surface area (Å²) in [5.41, 5.74) is 1.63. The molecule has 0 aliphatic heterocycles. The first kappa shape index (κ1) is 13.3. The molecule has 0 amide bonds. The Kier molecular flexibility index (Phi) is 3.14. The molecule has 1 aromatic heterocycles. The first-order valence-corrected chi connectivity index (χ1v) is 8.13. The molecule has 2 aromatic rings. The molecule has 0 radical (unpaired) electrons. The number of sulfonamides is 1. The van der Waals surface area contributed by atoms with Crippen LogP contribution in [0.4, 0.5) is 5.69 Å². The summed E-state index contributed by atoms with van der Waals surface area (Å²) in [4.78, 5) is 6.61. The van der Waals surface area contributed by atoms with Crippen molar-refractivity contribution < 1.29 is 8.42 Å². The predicted octanol–water partition coefficient (Wildman–Crippen LogP) is 1.73. The van der Waals surface area contributed by atoms with Crippen LogP contribution in [-0.2, 0) is 10.0 Å². The fourth-order valence-corrected chi connectivity index (χ4v) is 3.20. The standard InChI is InChI=1S/C14H17N3O2S/c1-17(9-10-4-5-10)12-6-7-13(20(15,18)19)11-3-2-8-16-14(11)12/h2-3,6-8,10H,4-5,9H2,1H3,(H2,15,18,19). The minimum atomic E-state index is -3.74. The number of hydrogen-bond acceptors (Lipinski definition) is 4. The molecule has 0 unspecified atom stereocenters. The van der Waals surface area contributed by atoms with Gasteiger partial charge in [-0.05, 0) is 43.0 Å². The molecule has 0 bridgehead atoms. The highest BCUT2D eigenvalue weighted by atomic mass is 32.2. The van der Waals surface area contributed by atoms with Gasteiger partial charge in [0.25, 0.3) is 0 Å². The van der Waals surface area contributed by atoms with Crippen LogP contribution in [0.25, 0.3) is 10.9 Å². The van der Waals surface area contributed by atoms with Crippen LogP contribution in [0.2, 0.25) is 0 Å². The van der Waals surface area contributed by atoms with Crippen LogP contribution < -0.4 is 10.0 Å². The molecule has 20 heavy (non-hydrogen) atoms. The average Bonchev–Trinajstić information content (AvgIpc) is 3.20. The van der Waals surface area contributed by atoms with Crippen molar-refractivity contribution in [1.29, 1.82) is 0 Å².